The van der Waals surface area contributed by atoms with E-state index in [-0.39, 0.29) is 18.3 Å². The maximum Gasteiger partial charge on any atom is 0.432 e. The average Bonchev–Trinajstić information content (AvgIpc) is 2.47. The molecule has 1 saturated carbocycles. The van der Waals surface area contributed by atoms with Crippen LogP contribution in [0, 0.1) is 0 Å². The molecule has 1 aromatic rings. The maximum absolute atomic E-state index is 11.7. The van der Waals surface area contributed by atoms with Crippen LogP contribution in [0.4, 0.5) is 4.79 Å². The fourth-order valence-corrected chi connectivity index (χ4v) is 3.21. The molecule has 2 rings (SSSR count). The molecule has 1 amide bonds. The standard InChI is InChI=1S/C14H19N2O3P/c15-20(18)13-8-6-12(7-9-13)16-14(17)19-10-11-4-2-1-3-5-11/h1-5,12-13H,6-10H2,(H2-,15,16,17,18)/p+1. The molecule has 1 aliphatic carbocycles. The van der Waals surface area contributed by atoms with Crippen LogP contribution in [-0.4, -0.2) is 17.8 Å². The zero-order valence-corrected chi connectivity index (χ0v) is 12.2. The van der Waals surface area contributed by atoms with E-state index < -0.39 is 14.0 Å². The highest BCUT2D eigenvalue weighted by Crippen LogP contribution is 2.32. The second kappa shape index (κ2) is 7.36. The number of hydrogen-bond acceptors (Lipinski definition) is 3. The minimum atomic E-state index is -1.59. The highest BCUT2D eigenvalue weighted by molar-refractivity contribution is 7.42. The summed E-state index contributed by atoms with van der Waals surface area (Å²) in [6.45, 7) is 0.274. The monoisotopic (exact) mass is 295 g/mol. The van der Waals surface area contributed by atoms with Crippen LogP contribution in [0.2, 0.25) is 0 Å². The summed E-state index contributed by atoms with van der Waals surface area (Å²) >= 11 is 0. The van der Waals surface area contributed by atoms with Gasteiger partial charge in [-0.05, 0) is 31.2 Å². The SMILES string of the molecule is N[P+](=O)C1CCC(NC(=O)OCc2ccccc2)CC1. The normalized spacial score (nSPS) is 22.9. The summed E-state index contributed by atoms with van der Waals surface area (Å²) in [5.74, 6) is 0. The zero-order valence-electron chi connectivity index (χ0n) is 11.3. The molecule has 20 heavy (non-hydrogen) atoms. The van der Waals surface area contributed by atoms with Gasteiger partial charge in [0.15, 0.2) is 5.66 Å². The number of rotatable bonds is 4. The van der Waals surface area contributed by atoms with Crippen LogP contribution < -0.4 is 10.8 Å². The second-order valence-corrected chi connectivity index (χ2v) is 6.52. The minimum absolute atomic E-state index is 0.100. The van der Waals surface area contributed by atoms with Gasteiger partial charge in [0.2, 0.25) is 0 Å². The fourth-order valence-electron chi connectivity index (χ4n) is 2.41. The molecule has 1 aromatic carbocycles. The van der Waals surface area contributed by atoms with Crippen molar-refractivity contribution in [2.24, 2.45) is 5.50 Å². The van der Waals surface area contributed by atoms with Gasteiger partial charge in [-0.2, -0.15) is 0 Å². The number of nitrogens with one attached hydrogen (secondary N) is 1. The molecule has 0 radical (unpaired) electrons. The van der Waals surface area contributed by atoms with E-state index >= 15 is 0 Å². The molecule has 5 nitrogen and oxygen atoms in total. The molecule has 1 aliphatic rings. The molecule has 0 aliphatic heterocycles. The third-order valence-electron chi connectivity index (χ3n) is 3.59. The van der Waals surface area contributed by atoms with Gasteiger partial charge in [-0.3, -0.25) is 0 Å². The molecular weight excluding hydrogens is 275 g/mol. The van der Waals surface area contributed by atoms with Crippen LogP contribution >= 0.6 is 7.95 Å². The predicted octanol–water partition coefficient (Wildman–Crippen LogP) is 2.93. The molecule has 1 atom stereocenters. The first-order valence-electron chi connectivity index (χ1n) is 6.83. The Labute approximate surface area is 119 Å². The fraction of sp³-hybridized carbons (Fsp3) is 0.500. The van der Waals surface area contributed by atoms with Crippen LogP contribution in [0.3, 0.4) is 0 Å². The summed E-state index contributed by atoms with van der Waals surface area (Å²) in [4.78, 5) is 11.7. The second-order valence-electron chi connectivity index (χ2n) is 5.07. The van der Waals surface area contributed by atoms with E-state index in [0.29, 0.717) is 0 Å². The smallest absolute Gasteiger partial charge is 0.432 e. The molecule has 0 spiro atoms. The van der Waals surface area contributed by atoms with Gasteiger partial charge in [-0.1, -0.05) is 34.9 Å². The lowest BCUT2D eigenvalue weighted by atomic mass is 9.95. The Kier molecular flexibility index (Phi) is 5.50. The third kappa shape index (κ3) is 4.58. The lowest BCUT2D eigenvalue weighted by Gasteiger charge is -2.23. The van der Waals surface area contributed by atoms with Crippen LogP contribution in [0.15, 0.2) is 30.3 Å². The van der Waals surface area contributed by atoms with Crippen molar-refractivity contribution in [1.29, 1.82) is 0 Å². The Bertz CT molecular complexity index is 459. The first-order chi connectivity index (χ1) is 9.65. The van der Waals surface area contributed by atoms with Crippen LogP contribution in [-0.2, 0) is 15.9 Å². The van der Waals surface area contributed by atoms with Gasteiger partial charge >= 0.3 is 14.0 Å². The van der Waals surface area contributed by atoms with E-state index in [0.717, 1.165) is 31.2 Å². The van der Waals surface area contributed by atoms with E-state index in [1.165, 1.54) is 0 Å². The topological polar surface area (TPSA) is 81.4 Å². The number of ether oxygens (including phenoxy) is 1. The molecule has 0 bridgehead atoms. The number of amides is 1. The number of carbonyl (C=O) groups is 1. The summed E-state index contributed by atoms with van der Waals surface area (Å²) in [6, 6.07) is 9.67. The van der Waals surface area contributed by atoms with Gasteiger partial charge in [0.1, 0.15) is 6.61 Å². The molecule has 3 N–H and O–H groups in total. The van der Waals surface area contributed by atoms with Gasteiger partial charge in [0.25, 0.3) is 0 Å². The van der Waals surface area contributed by atoms with Gasteiger partial charge in [0, 0.05) is 6.04 Å². The van der Waals surface area contributed by atoms with Crippen LogP contribution in [0.25, 0.3) is 0 Å². The lowest BCUT2D eigenvalue weighted by molar-refractivity contribution is 0.133. The molecule has 1 unspecified atom stereocenters. The zero-order chi connectivity index (χ0) is 14.4. The van der Waals surface area contributed by atoms with E-state index in [1.54, 1.807) is 0 Å². The minimum Gasteiger partial charge on any atom is -0.445 e. The summed E-state index contributed by atoms with van der Waals surface area (Å²) in [7, 11) is -1.59. The van der Waals surface area contributed by atoms with E-state index in [1.807, 2.05) is 30.3 Å². The Morgan fingerprint density at radius 1 is 1.25 bits per heavy atom. The summed E-state index contributed by atoms with van der Waals surface area (Å²) in [5, 5.41) is 2.85. The highest BCUT2D eigenvalue weighted by Gasteiger charge is 2.32. The van der Waals surface area contributed by atoms with Crippen molar-refractivity contribution in [3.63, 3.8) is 0 Å². The summed E-state index contributed by atoms with van der Waals surface area (Å²) < 4.78 is 16.4. The number of benzene rings is 1. The summed E-state index contributed by atoms with van der Waals surface area (Å²) in [6.07, 6.45) is 2.83. The number of alkyl carbamates (subject to hydrolysis) is 1. The van der Waals surface area contributed by atoms with Crippen molar-refractivity contribution < 1.29 is 14.1 Å². The highest BCUT2D eigenvalue weighted by atomic mass is 31.1. The molecule has 108 valence electrons. The van der Waals surface area contributed by atoms with Crippen LogP contribution in [0.5, 0.6) is 0 Å². The van der Waals surface area contributed by atoms with Gasteiger partial charge in [0.05, 0.1) is 0 Å². The number of carbonyl (C=O) groups excluding carboxylic acids is 1. The quantitative estimate of drug-likeness (QED) is 0.837. The lowest BCUT2D eigenvalue weighted by Crippen LogP contribution is -2.38. The first-order valence-corrected chi connectivity index (χ1v) is 8.23. The molecule has 0 aromatic heterocycles. The van der Waals surface area contributed by atoms with Crippen molar-refractivity contribution in [1.82, 2.24) is 5.32 Å². The van der Waals surface area contributed by atoms with E-state index in [2.05, 4.69) is 5.32 Å². The maximum atomic E-state index is 11.7. The molecule has 1 fully saturated rings. The third-order valence-corrected chi connectivity index (χ3v) is 4.83. The Balaban J connectivity index is 1.69. The van der Waals surface area contributed by atoms with E-state index in [9.17, 15) is 9.36 Å². The number of hydrogen-bond donors (Lipinski definition) is 2. The molecule has 0 saturated heterocycles. The Hall–Kier alpha value is -1.45. The first kappa shape index (κ1) is 14.9. The summed E-state index contributed by atoms with van der Waals surface area (Å²) in [5.41, 5.74) is 6.49. The van der Waals surface area contributed by atoms with Crippen molar-refractivity contribution in [3.8, 4) is 0 Å². The van der Waals surface area contributed by atoms with Gasteiger partial charge in [-0.15, -0.1) is 5.50 Å². The largest absolute Gasteiger partial charge is 0.445 e. The predicted molar refractivity (Wildman–Crippen MR) is 77.6 cm³/mol. The van der Waals surface area contributed by atoms with Crippen molar-refractivity contribution in [2.75, 3.05) is 0 Å². The van der Waals surface area contributed by atoms with Gasteiger partial charge < -0.3 is 10.1 Å². The Morgan fingerprint density at radius 3 is 2.50 bits per heavy atom. The molecular formula is C14H20N2O3P+. The molecule has 6 heteroatoms. The van der Waals surface area contributed by atoms with Crippen molar-refractivity contribution in [3.05, 3.63) is 35.9 Å². The van der Waals surface area contributed by atoms with Crippen LogP contribution in [0.1, 0.15) is 31.2 Å². The van der Waals surface area contributed by atoms with Gasteiger partial charge in [-0.25, -0.2) is 4.79 Å². The van der Waals surface area contributed by atoms with Crippen molar-refractivity contribution in [2.45, 2.75) is 44.0 Å². The van der Waals surface area contributed by atoms with Crippen molar-refractivity contribution >= 4 is 14.0 Å². The Morgan fingerprint density at radius 2 is 1.90 bits per heavy atom. The average molecular weight is 295 g/mol. The molecule has 0 heterocycles. The number of nitrogens with two attached hydrogens (primary N) is 1. The van der Waals surface area contributed by atoms with E-state index in [4.69, 9.17) is 10.2 Å².